The molecule has 38 heavy (non-hydrogen) atoms. The number of hydrogen-bond donors (Lipinski definition) is 1. The molecule has 198 valence electrons. The maximum atomic E-state index is 15.4. The second-order valence-corrected chi connectivity index (χ2v) is 10.2. The molecule has 0 bridgehead atoms. The molecular formula is C29H31FN4O4. The minimum absolute atomic E-state index is 0.0180. The highest BCUT2D eigenvalue weighted by Crippen LogP contribution is 2.38. The van der Waals surface area contributed by atoms with Crippen molar-refractivity contribution in [3.8, 4) is 11.1 Å². The molecule has 1 amide bonds. The van der Waals surface area contributed by atoms with E-state index in [2.05, 4.69) is 9.88 Å². The predicted octanol–water partition coefficient (Wildman–Crippen LogP) is 3.86. The zero-order chi connectivity index (χ0) is 26.4. The molecule has 0 aliphatic carbocycles. The van der Waals surface area contributed by atoms with E-state index >= 15 is 4.39 Å². The number of piperidine rings is 1. The van der Waals surface area contributed by atoms with Crippen LogP contribution in [0.5, 0.6) is 0 Å². The normalized spacial score (nSPS) is 18.0. The first-order valence-electron chi connectivity index (χ1n) is 13.3. The van der Waals surface area contributed by atoms with Gasteiger partial charge in [-0.05, 0) is 68.0 Å². The van der Waals surface area contributed by atoms with E-state index in [0.717, 1.165) is 62.3 Å². The second kappa shape index (κ2) is 9.87. The molecule has 1 atom stereocenters. The summed E-state index contributed by atoms with van der Waals surface area (Å²) in [5.41, 5.74) is 4.45. The molecule has 1 N–H and O–H groups in total. The minimum Gasteiger partial charge on any atom is -0.464 e. The van der Waals surface area contributed by atoms with E-state index in [1.807, 2.05) is 28.8 Å². The van der Waals surface area contributed by atoms with Crippen molar-refractivity contribution in [2.45, 2.75) is 57.8 Å². The van der Waals surface area contributed by atoms with E-state index in [1.54, 1.807) is 19.3 Å². The average Bonchev–Trinajstić information content (AvgIpc) is 3.62. The third-order valence-electron chi connectivity index (χ3n) is 7.92. The number of aliphatic hydroxyl groups excluding tert-OH is 1. The van der Waals surface area contributed by atoms with E-state index < -0.39 is 23.7 Å². The lowest BCUT2D eigenvalue weighted by atomic mass is 9.99. The van der Waals surface area contributed by atoms with Crippen molar-refractivity contribution >= 4 is 17.6 Å². The molecule has 1 saturated heterocycles. The van der Waals surface area contributed by atoms with Gasteiger partial charge in [0.15, 0.2) is 6.04 Å². The molecule has 4 heterocycles. The number of aliphatic hydroxyl groups is 1. The molecule has 0 radical (unpaired) electrons. The van der Waals surface area contributed by atoms with Crippen LogP contribution in [-0.2, 0) is 29.0 Å². The number of anilines is 1. The largest absolute Gasteiger partial charge is 0.464 e. The Morgan fingerprint density at radius 1 is 1.16 bits per heavy atom. The molecule has 2 aromatic carbocycles. The van der Waals surface area contributed by atoms with Crippen LogP contribution >= 0.6 is 0 Å². The quantitative estimate of drug-likeness (QED) is 0.499. The van der Waals surface area contributed by atoms with Gasteiger partial charge < -0.3 is 24.2 Å². The number of amides is 1. The number of nitrogens with zero attached hydrogens (tertiary/aromatic N) is 4. The molecule has 1 unspecified atom stereocenters. The van der Waals surface area contributed by atoms with E-state index in [9.17, 15) is 14.7 Å². The van der Waals surface area contributed by atoms with Crippen LogP contribution in [0.2, 0.25) is 0 Å². The fourth-order valence-electron chi connectivity index (χ4n) is 5.89. The SMILES string of the molecule is CCOC(=O)C(c1ncn2c1CCC2)N1Cc2c(F)cc(-c3ccc(N4CCC(O)CC4)cc3)cc2C1=O. The summed E-state index contributed by atoms with van der Waals surface area (Å²) < 4.78 is 22.8. The second-order valence-electron chi connectivity index (χ2n) is 10.2. The van der Waals surface area contributed by atoms with Crippen LogP contribution < -0.4 is 4.90 Å². The molecule has 8 nitrogen and oxygen atoms in total. The Bertz CT molecular complexity index is 1380. The summed E-state index contributed by atoms with van der Waals surface area (Å²) in [4.78, 5) is 34.9. The third kappa shape index (κ3) is 4.24. The van der Waals surface area contributed by atoms with Gasteiger partial charge in [-0.2, -0.15) is 0 Å². The van der Waals surface area contributed by atoms with Gasteiger partial charge in [-0.15, -0.1) is 0 Å². The fraction of sp³-hybridized carbons (Fsp3) is 0.414. The highest BCUT2D eigenvalue weighted by Gasteiger charge is 2.42. The predicted molar refractivity (Wildman–Crippen MR) is 139 cm³/mol. The lowest BCUT2D eigenvalue weighted by Gasteiger charge is -2.31. The molecule has 3 aromatic rings. The van der Waals surface area contributed by atoms with Crippen molar-refractivity contribution in [3.63, 3.8) is 0 Å². The minimum atomic E-state index is -1.02. The molecular weight excluding hydrogens is 487 g/mol. The number of imidazole rings is 1. The van der Waals surface area contributed by atoms with Gasteiger partial charge in [-0.1, -0.05) is 12.1 Å². The number of fused-ring (bicyclic) bond motifs is 2. The molecule has 0 spiro atoms. The van der Waals surface area contributed by atoms with E-state index in [-0.39, 0.29) is 30.4 Å². The molecule has 3 aliphatic heterocycles. The average molecular weight is 519 g/mol. The van der Waals surface area contributed by atoms with Crippen molar-refractivity contribution in [1.82, 2.24) is 14.5 Å². The monoisotopic (exact) mass is 518 g/mol. The number of ether oxygens (including phenoxy) is 1. The molecule has 3 aliphatic rings. The summed E-state index contributed by atoms with van der Waals surface area (Å²) in [5, 5.41) is 9.77. The standard InChI is InChI=1S/C29H31FN4O4/c1-2-38-29(37)27(26-25-4-3-11-33(25)17-31-26)34-16-23-22(28(34)36)14-19(15-24(23)30)18-5-7-20(8-6-18)32-12-9-21(35)10-13-32/h5-8,14-15,17,21,27,35H,2-4,9-13,16H2,1H3. The van der Waals surface area contributed by atoms with Crippen LogP contribution in [0, 0.1) is 5.82 Å². The summed E-state index contributed by atoms with van der Waals surface area (Å²) >= 11 is 0. The van der Waals surface area contributed by atoms with Gasteiger partial charge in [-0.25, -0.2) is 14.2 Å². The first kappa shape index (κ1) is 24.6. The number of aromatic nitrogens is 2. The van der Waals surface area contributed by atoms with Crippen LogP contribution in [0.3, 0.4) is 0 Å². The van der Waals surface area contributed by atoms with Crippen molar-refractivity contribution in [1.29, 1.82) is 0 Å². The summed E-state index contributed by atoms with van der Waals surface area (Å²) in [6.07, 6.45) is 4.66. The third-order valence-corrected chi connectivity index (χ3v) is 7.92. The Kier molecular flexibility index (Phi) is 6.39. The summed E-state index contributed by atoms with van der Waals surface area (Å²) in [6, 6.07) is 9.98. The van der Waals surface area contributed by atoms with Crippen LogP contribution in [-0.4, -0.2) is 57.2 Å². The molecule has 6 rings (SSSR count). The number of aryl methyl sites for hydroxylation is 1. The fourth-order valence-corrected chi connectivity index (χ4v) is 5.89. The number of carbonyl (C=O) groups excluding carboxylic acids is 2. The first-order valence-corrected chi connectivity index (χ1v) is 13.3. The highest BCUT2D eigenvalue weighted by atomic mass is 19.1. The van der Waals surface area contributed by atoms with Gasteiger partial charge in [0.25, 0.3) is 5.91 Å². The van der Waals surface area contributed by atoms with Gasteiger partial charge in [-0.3, -0.25) is 4.79 Å². The smallest absolute Gasteiger partial charge is 0.335 e. The van der Waals surface area contributed by atoms with E-state index in [4.69, 9.17) is 4.74 Å². The van der Waals surface area contributed by atoms with Crippen molar-refractivity contribution in [3.05, 3.63) is 71.1 Å². The number of esters is 1. The van der Waals surface area contributed by atoms with Gasteiger partial charge in [0.05, 0.1) is 31.3 Å². The van der Waals surface area contributed by atoms with Gasteiger partial charge in [0.1, 0.15) is 5.82 Å². The highest BCUT2D eigenvalue weighted by molar-refractivity contribution is 6.02. The maximum absolute atomic E-state index is 15.4. The lowest BCUT2D eigenvalue weighted by molar-refractivity contribution is -0.149. The zero-order valence-corrected chi connectivity index (χ0v) is 21.4. The number of carbonyl (C=O) groups is 2. The Morgan fingerprint density at radius 2 is 1.92 bits per heavy atom. The van der Waals surface area contributed by atoms with Gasteiger partial charge in [0.2, 0.25) is 0 Å². The molecule has 9 heteroatoms. The first-order chi connectivity index (χ1) is 18.4. The number of rotatable bonds is 6. The van der Waals surface area contributed by atoms with Gasteiger partial charge in [0, 0.05) is 42.1 Å². The lowest BCUT2D eigenvalue weighted by Crippen LogP contribution is -2.36. The Balaban J connectivity index is 1.29. The van der Waals surface area contributed by atoms with Crippen molar-refractivity contribution in [2.24, 2.45) is 0 Å². The zero-order valence-electron chi connectivity index (χ0n) is 21.4. The number of halogens is 1. The van der Waals surface area contributed by atoms with Crippen LogP contribution in [0.25, 0.3) is 11.1 Å². The van der Waals surface area contributed by atoms with Crippen LogP contribution in [0.1, 0.15) is 59.5 Å². The maximum Gasteiger partial charge on any atom is 0.335 e. The summed E-state index contributed by atoms with van der Waals surface area (Å²) in [7, 11) is 0. The topological polar surface area (TPSA) is 87.9 Å². The van der Waals surface area contributed by atoms with Crippen molar-refractivity contribution < 1.29 is 23.8 Å². The number of benzene rings is 2. The van der Waals surface area contributed by atoms with Crippen LogP contribution in [0.4, 0.5) is 10.1 Å². The molecule has 1 fully saturated rings. The van der Waals surface area contributed by atoms with Crippen molar-refractivity contribution in [2.75, 3.05) is 24.6 Å². The van der Waals surface area contributed by atoms with E-state index in [0.29, 0.717) is 11.3 Å². The van der Waals surface area contributed by atoms with Gasteiger partial charge >= 0.3 is 5.97 Å². The van der Waals surface area contributed by atoms with Crippen LogP contribution in [0.15, 0.2) is 42.7 Å². The molecule has 0 saturated carbocycles. The molecule has 1 aromatic heterocycles. The number of hydrogen-bond acceptors (Lipinski definition) is 6. The Hall–Kier alpha value is -3.72. The Morgan fingerprint density at radius 3 is 2.66 bits per heavy atom. The van der Waals surface area contributed by atoms with E-state index in [1.165, 1.54) is 11.0 Å². The summed E-state index contributed by atoms with van der Waals surface area (Å²) in [5.74, 6) is -1.43. The summed E-state index contributed by atoms with van der Waals surface area (Å²) in [6.45, 7) is 4.28. The Labute approximate surface area is 220 Å².